The second-order valence-corrected chi connectivity index (χ2v) is 17.9. The van der Waals surface area contributed by atoms with Crippen molar-refractivity contribution >= 4 is 108 Å². The Hall–Kier alpha value is -1.50. The first-order valence-corrected chi connectivity index (χ1v) is 15.0. The lowest BCUT2D eigenvalue weighted by Crippen LogP contribution is -2.31. The van der Waals surface area contributed by atoms with Gasteiger partial charge in [-0.3, -0.25) is 60.7 Å². The molecule has 0 spiro atoms. The monoisotopic (exact) mass is 1120 g/mol. The highest BCUT2D eigenvalue weighted by Crippen LogP contribution is 2.25. The molecule has 0 radical (unpaired) electrons. The van der Waals surface area contributed by atoms with Crippen LogP contribution in [0.15, 0.2) is 0 Å². The summed E-state index contributed by atoms with van der Waals surface area (Å²) >= 11 is 16.1. The third kappa shape index (κ3) is 92.8. The normalized spacial score (nSPS) is 10.7. The zero-order chi connectivity index (χ0) is 39.0. The number of hydrogen-bond acceptors (Lipinski definition) is 17. The number of nitro groups is 6. The van der Waals surface area contributed by atoms with Crippen LogP contribution >= 0.6 is 95.6 Å². The topological polar surface area (TPSA) is 354 Å². The molecule has 49 heavy (non-hydrogen) atoms. The molecule has 0 aliphatic carbocycles. The van der Waals surface area contributed by atoms with Crippen LogP contribution in [0, 0.1) is 60.7 Å². The number of aliphatic hydroxyl groups excluding tert-OH is 3. The van der Waals surface area contributed by atoms with Gasteiger partial charge < -0.3 is 24.9 Å². The SMILES string of the molecule is C.C.C.C.CC(Br)(Br)[N+](=O)[O-].CC(Br)(CO)[N+](=O)[O-].CC(Br)(CO)[N+](=O)[O-].CC=O.CC=O.C[N+](=O)[O-].C[N+](=O)[O-].O=[N+]([O-])C(Br)(Br)CO. The van der Waals surface area contributed by atoms with Gasteiger partial charge in [-0.15, -0.1) is 0 Å². The average Bonchev–Trinajstić information content (AvgIpc) is 2.84. The van der Waals surface area contributed by atoms with E-state index in [0.717, 1.165) is 26.7 Å². The van der Waals surface area contributed by atoms with Gasteiger partial charge in [-0.25, -0.2) is 0 Å². The second-order valence-electron chi connectivity index (χ2n) is 6.65. The van der Waals surface area contributed by atoms with Crippen LogP contribution in [0.1, 0.15) is 64.3 Å². The van der Waals surface area contributed by atoms with Gasteiger partial charge in [0.25, 0.3) is 8.90 Å². The van der Waals surface area contributed by atoms with Crippen LogP contribution in [0.3, 0.4) is 0 Å². The van der Waals surface area contributed by atoms with E-state index in [1.54, 1.807) is 0 Å². The van der Waals surface area contributed by atoms with Crippen molar-refractivity contribution in [1.29, 1.82) is 0 Å². The number of alkyl halides is 6. The molecule has 23 nitrogen and oxygen atoms in total. The highest BCUT2D eigenvalue weighted by atomic mass is 79.9. The molecule has 0 rings (SSSR count). The van der Waals surface area contributed by atoms with Gasteiger partial charge in [0, 0.05) is 141 Å². The molecule has 29 heteroatoms. The third-order valence-electron chi connectivity index (χ3n) is 2.12. The Kier molecular flexibility index (Phi) is 77.3. The van der Waals surface area contributed by atoms with Crippen LogP contribution in [0.25, 0.3) is 0 Å². The van der Waals surface area contributed by atoms with Crippen molar-refractivity contribution < 1.29 is 54.4 Å². The van der Waals surface area contributed by atoms with Gasteiger partial charge in [-0.2, -0.15) is 0 Å². The number of nitrogens with zero attached hydrogens (tertiary/aromatic N) is 6. The number of halogens is 6. The van der Waals surface area contributed by atoms with E-state index in [9.17, 15) is 40.5 Å². The van der Waals surface area contributed by atoms with Gasteiger partial charge in [-0.1, -0.05) is 29.7 Å². The molecule has 0 aliphatic rings. The van der Waals surface area contributed by atoms with Crippen LogP contribution in [-0.4, -0.2) is 107 Å². The first-order valence-electron chi connectivity index (χ1n) is 10.2. The maximum Gasteiger partial charge on any atom is 0.349 e. The van der Waals surface area contributed by atoms with Crippen LogP contribution in [0.2, 0.25) is 0 Å². The van der Waals surface area contributed by atoms with Crippen molar-refractivity contribution in [3.05, 3.63) is 60.7 Å². The summed E-state index contributed by atoms with van der Waals surface area (Å²) in [7, 11) is 1.78. The quantitative estimate of drug-likeness (QED) is 0.0878. The van der Waals surface area contributed by atoms with Gasteiger partial charge in [0.1, 0.15) is 32.4 Å². The third-order valence-corrected chi connectivity index (χ3v) is 4.86. The maximum atomic E-state index is 9.85. The number of carbonyl (C=O) groups is 2. The molecule has 0 aromatic rings. The highest BCUT2D eigenvalue weighted by molar-refractivity contribution is 9.25. The zero-order valence-corrected chi connectivity index (χ0v) is 33.8. The Morgan fingerprint density at radius 1 is 0.510 bits per heavy atom. The van der Waals surface area contributed by atoms with E-state index in [1.807, 2.05) is 0 Å². The van der Waals surface area contributed by atoms with E-state index in [1.165, 1.54) is 34.6 Å². The molecule has 3 N–H and O–H groups in total. The van der Waals surface area contributed by atoms with Crippen molar-refractivity contribution in [2.45, 2.75) is 79.9 Å². The molecule has 0 saturated carbocycles. The molecule has 0 aromatic heterocycles. The molecule has 0 heterocycles. The molecule has 2 atom stereocenters. The fourth-order valence-electron chi connectivity index (χ4n) is 0.173. The minimum atomic E-state index is -1.56. The average molecular weight is 1120 g/mol. The number of carbonyl (C=O) groups excluding carboxylic acids is 2. The molecule has 0 bridgehead atoms. The number of aldehydes is 2. The Bertz CT molecular complexity index is 794. The predicted octanol–water partition coefficient (Wildman–Crippen LogP) is 5.90. The zero-order valence-electron chi connectivity index (χ0n) is 24.3. The first kappa shape index (κ1) is 81.5. The molecular formula is C20H48Br6N6O17. The van der Waals surface area contributed by atoms with E-state index in [4.69, 9.17) is 45.1 Å². The summed E-state index contributed by atoms with van der Waals surface area (Å²) in [6.07, 6.45) is 1.50. The molecule has 0 aliphatic heterocycles. The van der Waals surface area contributed by atoms with Gasteiger partial charge in [0.15, 0.2) is 14.1 Å². The van der Waals surface area contributed by atoms with Crippen molar-refractivity contribution in [3.63, 3.8) is 0 Å². The van der Waals surface area contributed by atoms with Gasteiger partial charge >= 0.3 is 6.71 Å². The summed E-state index contributed by atoms with van der Waals surface area (Å²) in [5.41, 5.74) is 0. The van der Waals surface area contributed by atoms with Crippen molar-refractivity contribution in [2.75, 3.05) is 33.9 Å². The fourth-order valence-corrected chi connectivity index (χ4v) is 0.173. The van der Waals surface area contributed by atoms with E-state index < -0.39 is 65.0 Å². The van der Waals surface area contributed by atoms with Gasteiger partial charge in [0.2, 0.25) is 0 Å². The number of hydrogen-bond donors (Lipinski definition) is 3. The van der Waals surface area contributed by atoms with Crippen molar-refractivity contribution in [1.82, 2.24) is 0 Å². The molecule has 302 valence electrons. The highest BCUT2D eigenvalue weighted by Gasteiger charge is 2.35. The van der Waals surface area contributed by atoms with Crippen LogP contribution in [-0.2, 0) is 9.59 Å². The molecule has 0 aromatic carbocycles. The predicted molar refractivity (Wildman–Crippen MR) is 207 cm³/mol. The summed E-state index contributed by atoms with van der Waals surface area (Å²) < 4.78 is -5.44. The number of rotatable bonds is 7. The summed E-state index contributed by atoms with van der Waals surface area (Å²) in [6.45, 7) is 5.27. The van der Waals surface area contributed by atoms with Gasteiger partial charge in [-0.05, 0) is 13.8 Å². The van der Waals surface area contributed by atoms with Crippen LogP contribution < -0.4 is 0 Å². The van der Waals surface area contributed by atoms with Crippen molar-refractivity contribution in [3.8, 4) is 0 Å². The minimum Gasteiger partial charge on any atom is -0.388 e. The van der Waals surface area contributed by atoms with E-state index >= 15 is 0 Å². The molecule has 0 amide bonds. The minimum absolute atomic E-state index is 0. The second kappa shape index (κ2) is 46.5. The van der Waals surface area contributed by atoms with E-state index in [-0.39, 0.29) is 29.7 Å². The Morgan fingerprint density at radius 3 is 0.653 bits per heavy atom. The molecule has 2 unspecified atom stereocenters. The first-order chi connectivity index (χ1) is 19.7. The molecular weight excluding hydrogens is 1080 g/mol. The van der Waals surface area contributed by atoms with Gasteiger partial charge in [0.05, 0.1) is 4.92 Å². The smallest absolute Gasteiger partial charge is 0.349 e. The Morgan fingerprint density at radius 2 is 0.653 bits per heavy atom. The summed E-state index contributed by atoms with van der Waals surface area (Å²) in [4.78, 5) is 71.1. The standard InChI is InChI=1S/2C3H6BrNO3.C2H3Br2NO3.C2H3Br2NO2.2C2H4O.2CH3NO2.4CH4/c2*1-3(4,2-6)5(7)8;3-2(4,1-6)5(7)8;1-2(3,4)5(6)7;2*1-2-3;2*1-2(3)4;;;;/h2*6H,2H2,1H3;6H,1H2;1H3;2*2H,1H3;2*1H3;4*1H4. The molecule has 0 saturated heterocycles. The fraction of sp³-hybridized carbons (Fsp3) is 0.900. The largest absolute Gasteiger partial charge is 0.388 e. The van der Waals surface area contributed by atoms with Crippen LogP contribution in [0.5, 0.6) is 0 Å². The van der Waals surface area contributed by atoms with E-state index in [2.05, 4.69) is 95.6 Å². The van der Waals surface area contributed by atoms with E-state index in [0.29, 0.717) is 0 Å². The lowest BCUT2D eigenvalue weighted by molar-refractivity contribution is -0.534. The maximum absolute atomic E-state index is 9.85. The Balaban J connectivity index is -0.0000000324. The summed E-state index contributed by atoms with van der Waals surface area (Å²) in [5.74, 6) is 0. The summed E-state index contributed by atoms with van der Waals surface area (Å²) in [6, 6.07) is 0. The van der Waals surface area contributed by atoms with Crippen LogP contribution in [0.4, 0.5) is 0 Å². The Labute approximate surface area is 335 Å². The lowest BCUT2D eigenvalue weighted by atomic mass is 10.4. The number of aliphatic hydroxyl groups is 3. The summed E-state index contributed by atoms with van der Waals surface area (Å²) in [5, 5.41) is 81.6. The lowest BCUT2D eigenvalue weighted by Gasteiger charge is -2.07. The van der Waals surface area contributed by atoms with Crippen molar-refractivity contribution in [2.24, 2.45) is 0 Å². The molecule has 0 fully saturated rings.